The van der Waals surface area contributed by atoms with Crippen LogP contribution in [0.15, 0.2) is 35.5 Å². The Kier molecular flexibility index (Phi) is 4.13. The molecular formula is C12H14N4O4S. The Bertz CT molecular complexity index is 754. The number of aromatic amines is 1. The predicted molar refractivity (Wildman–Crippen MR) is 76.6 cm³/mol. The van der Waals surface area contributed by atoms with Gasteiger partial charge in [-0.05, 0) is 25.1 Å². The summed E-state index contributed by atoms with van der Waals surface area (Å²) in [6.07, 6.45) is 0.591. The number of carbonyl (C=O) groups is 1. The quantitative estimate of drug-likeness (QED) is 0.795. The summed E-state index contributed by atoms with van der Waals surface area (Å²) < 4.78 is 31.1. The number of carbonyl (C=O) groups excluding carboxylic acids is 1. The normalized spacial score (nSPS) is 11.0. The van der Waals surface area contributed by atoms with Crippen molar-refractivity contribution < 1.29 is 17.9 Å². The van der Waals surface area contributed by atoms with E-state index < -0.39 is 16.1 Å². The molecule has 0 aliphatic carbocycles. The van der Waals surface area contributed by atoms with Crippen molar-refractivity contribution in [2.24, 2.45) is 0 Å². The van der Waals surface area contributed by atoms with Gasteiger partial charge in [0.15, 0.2) is 5.03 Å². The van der Waals surface area contributed by atoms with Crippen molar-refractivity contribution >= 4 is 27.5 Å². The highest BCUT2D eigenvalue weighted by molar-refractivity contribution is 7.92. The maximum Gasteiger partial charge on any atom is 0.411 e. The first kappa shape index (κ1) is 14.9. The van der Waals surface area contributed by atoms with Crippen molar-refractivity contribution in [1.29, 1.82) is 0 Å². The van der Waals surface area contributed by atoms with Crippen LogP contribution in [0.3, 0.4) is 0 Å². The second kappa shape index (κ2) is 5.83. The van der Waals surface area contributed by atoms with Gasteiger partial charge in [0.05, 0.1) is 19.0 Å². The minimum Gasteiger partial charge on any atom is -0.453 e. The summed E-state index contributed by atoms with van der Waals surface area (Å²) in [5.41, 5.74) is 0.707. The van der Waals surface area contributed by atoms with Crippen molar-refractivity contribution in [1.82, 2.24) is 9.97 Å². The lowest BCUT2D eigenvalue weighted by Gasteiger charge is -2.08. The van der Waals surface area contributed by atoms with Crippen LogP contribution < -0.4 is 10.0 Å². The Labute approximate surface area is 121 Å². The number of hydrogen-bond donors (Lipinski definition) is 3. The van der Waals surface area contributed by atoms with E-state index in [2.05, 4.69) is 24.7 Å². The number of anilines is 2. The maximum atomic E-state index is 12.1. The van der Waals surface area contributed by atoms with Crippen LogP contribution in [-0.2, 0) is 14.8 Å². The van der Waals surface area contributed by atoms with Crippen LogP contribution in [0, 0.1) is 6.92 Å². The Balaban J connectivity index is 2.19. The average molecular weight is 310 g/mol. The number of aromatic nitrogens is 2. The Morgan fingerprint density at radius 3 is 2.67 bits per heavy atom. The summed E-state index contributed by atoms with van der Waals surface area (Å²) in [6, 6.07) is 6.23. The van der Waals surface area contributed by atoms with Gasteiger partial charge in [0.25, 0.3) is 10.0 Å². The molecule has 0 saturated heterocycles. The van der Waals surface area contributed by atoms with Gasteiger partial charge in [0, 0.05) is 5.69 Å². The number of hydrogen-bond acceptors (Lipinski definition) is 5. The number of nitrogens with zero attached hydrogens (tertiary/aromatic N) is 1. The molecular weight excluding hydrogens is 296 g/mol. The third-order valence-corrected chi connectivity index (χ3v) is 3.81. The van der Waals surface area contributed by atoms with Crippen LogP contribution in [0.25, 0.3) is 0 Å². The number of amides is 1. The molecule has 3 N–H and O–H groups in total. The van der Waals surface area contributed by atoms with Crippen molar-refractivity contribution in [2.45, 2.75) is 11.9 Å². The summed E-state index contributed by atoms with van der Waals surface area (Å²) in [4.78, 5) is 17.6. The number of nitrogens with one attached hydrogen (secondary N) is 3. The Hall–Kier alpha value is -2.55. The molecule has 0 bridgehead atoms. The van der Waals surface area contributed by atoms with Crippen molar-refractivity contribution in [3.8, 4) is 0 Å². The van der Waals surface area contributed by atoms with E-state index in [-0.39, 0.29) is 5.03 Å². The smallest absolute Gasteiger partial charge is 0.411 e. The molecule has 8 nitrogen and oxygen atoms in total. The highest BCUT2D eigenvalue weighted by atomic mass is 32.2. The number of H-pyrrole nitrogens is 1. The summed E-state index contributed by atoms with van der Waals surface area (Å²) in [7, 11) is -2.52. The number of aryl methyl sites for hydroxylation is 1. The van der Waals surface area contributed by atoms with Crippen LogP contribution in [0.1, 0.15) is 5.82 Å². The minimum atomic E-state index is -3.76. The van der Waals surface area contributed by atoms with Crippen molar-refractivity contribution in [3.63, 3.8) is 0 Å². The van der Waals surface area contributed by atoms with Crippen LogP contribution in [-0.4, -0.2) is 31.6 Å². The zero-order chi connectivity index (χ0) is 15.5. The number of sulfonamides is 1. The Morgan fingerprint density at radius 2 is 2.05 bits per heavy atom. The molecule has 0 unspecified atom stereocenters. The van der Waals surface area contributed by atoms with E-state index in [0.29, 0.717) is 17.2 Å². The van der Waals surface area contributed by atoms with E-state index in [9.17, 15) is 13.2 Å². The molecule has 112 valence electrons. The van der Waals surface area contributed by atoms with Crippen molar-refractivity contribution in [3.05, 3.63) is 36.3 Å². The van der Waals surface area contributed by atoms with E-state index in [1.54, 1.807) is 25.1 Å². The summed E-state index contributed by atoms with van der Waals surface area (Å²) in [5.74, 6) is 0.497. The molecule has 0 saturated carbocycles. The standard InChI is InChI=1S/C12H14N4O4S/c1-8-13-7-11(14-8)21(18,19)16-10-5-3-4-9(6-10)15-12(17)20-2/h3-7,16H,1-2H3,(H,13,14)(H,15,17). The second-order valence-corrected chi connectivity index (χ2v) is 5.79. The largest absolute Gasteiger partial charge is 0.453 e. The van der Waals surface area contributed by atoms with E-state index in [0.717, 1.165) is 0 Å². The van der Waals surface area contributed by atoms with Gasteiger partial charge < -0.3 is 9.72 Å². The van der Waals surface area contributed by atoms with Gasteiger partial charge >= 0.3 is 6.09 Å². The Morgan fingerprint density at radius 1 is 1.33 bits per heavy atom. The lowest BCUT2D eigenvalue weighted by Crippen LogP contribution is -2.14. The van der Waals surface area contributed by atoms with Crippen molar-refractivity contribution in [2.75, 3.05) is 17.1 Å². The molecule has 2 rings (SSSR count). The van der Waals surface area contributed by atoms with Gasteiger partial charge in [-0.15, -0.1) is 0 Å². The number of methoxy groups -OCH3 is 1. The molecule has 0 aliphatic rings. The van der Waals surface area contributed by atoms with E-state index >= 15 is 0 Å². The van der Waals surface area contributed by atoms with E-state index in [1.165, 1.54) is 19.4 Å². The molecule has 9 heteroatoms. The van der Waals surface area contributed by atoms with Gasteiger partial charge in [-0.1, -0.05) is 6.07 Å². The number of benzene rings is 1. The zero-order valence-electron chi connectivity index (χ0n) is 11.4. The fraction of sp³-hybridized carbons (Fsp3) is 0.167. The molecule has 0 fully saturated rings. The van der Waals surface area contributed by atoms with Crippen LogP contribution >= 0.6 is 0 Å². The molecule has 2 aromatic rings. The SMILES string of the molecule is COC(=O)Nc1cccc(NS(=O)(=O)c2cnc(C)[nH]2)c1. The third kappa shape index (κ3) is 3.72. The molecule has 1 heterocycles. The molecule has 0 radical (unpaired) electrons. The monoisotopic (exact) mass is 310 g/mol. The lowest BCUT2D eigenvalue weighted by molar-refractivity contribution is 0.187. The van der Waals surface area contributed by atoms with Gasteiger partial charge in [-0.25, -0.2) is 9.78 Å². The second-order valence-electron chi connectivity index (χ2n) is 4.14. The first-order chi connectivity index (χ1) is 9.90. The van der Waals surface area contributed by atoms with Crippen LogP contribution in [0.4, 0.5) is 16.2 Å². The summed E-state index contributed by atoms with van der Waals surface area (Å²) in [6.45, 7) is 1.65. The average Bonchev–Trinajstić information content (AvgIpc) is 2.86. The molecule has 1 amide bonds. The molecule has 0 atom stereocenters. The van der Waals surface area contributed by atoms with Gasteiger partial charge in [0.2, 0.25) is 0 Å². The highest BCUT2D eigenvalue weighted by Gasteiger charge is 2.16. The number of rotatable bonds is 4. The molecule has 0 aliphatic heterocycles. The van der Waals surface area contributed by atoms with E-state index in [4.69, 9.17) is 0 Å². The number of ether oxygens (including phenoxy) is 1. The topological polar surface area (TPSA) is 113 Å². The maximum absolute atomic E-state index is 12.1. The highest BCUT2D eigenvalue weighted by Crippen LogP contribution is 2.18. The molecule has 1 aromatic carbocycles. The zero-order valence-corrected chi connectivity index (χ0v) is 12.2. The predicted octanol–water partition coefficient (Wildman–Crippen LogP) is 1.70. The summed E-state index contributed by atoms with van der Waals surface area (Å²) >= 11 is 0. The third-order valence-electron chi connectivity index (χ3n) is 2.52. The fourth-order valence-electron chi connectivity index (χ4n) is 1.57. The van der Waals surface area contributed by atoms with Gasteiger partial charge in [-0.2, -0.15) is 8.42 Å². The number of imidazole rings is 1. The van der Waals surface area contributed by atoms with Gasteiger partial charge in [-0.3, -0.25) is 10.0 Å². The fourth-order valence-corrected chi connectivity index (χ4v) is 2.60. The molecule has 0 spiro atoms. The molecule has 1 aromatic heterocycles. The first-order valence-electron chi connectivity index (χ1n) is 5.90. The van der Waals surface area contributed by atoms with Gasteiger partial charge in [0.1, 0.15) is 5.82 Å². The van der Waals surface area contributed by atoms with Crippen LogP contribution in [0.2, 0.25) is 0 Å². The summed E-state index contributed by atoms with van der Waals surface area (Å²) in [5, 5.41) is 2.41. The lowest BCUT2D eigenvalue weighted by atomic mass is 10.3. The first-order valence-corrected chi connectivity index (χ1v) is 7.38. The molecule has 21 heavy (non-hydrogen) atoms. The van der Waals surface area contributed by atoms with Crippen LogP contribution in [0.5, 0.6) is 0 Å². The van der Waals surface area contributed by atoms with E-state index in [1.807, 2.05) is 0 Å². The minimum absolute atomic E-state index is 0.0358.